The van der Waals surface area contributed by atoms with Gasteiger partial charge >= 0.3 is 0 Å². The van der Waals surface area contributed by atoms with Crippen molar-refractivity contribution in [3.05, 3.63) is 35.9 Å². The van der Waals surface area contributed by atoms with Gasteiger partial charge in [-0.05, 0) is 12.5 Å². The van der Waals surface area contributed by atoms with E-state index in [2.05, 4.69) is 5.32 Å². The molecule has 3 N–H and O–H groups in total. The number of amides is 1. The molecular formula is C13H19N3O2. The summed E-state index contributed by atoms with van der Waals surface area (Å²) in [7, 11) is 1.81. The highest BCUT2D eigenvalue weighted by Crippen LogP contribution is 2.30. The number of rotatable bonds is 3. The molecule has 3 atom stereocenters. The highest BCUT2D eigenvalue weighted by molar-refractivity contribution is 5.81. The highest BCUT2D eigenvalue weighted by Gasteiger charge is 2.33. The number of benzene rings is 1. The fourth-order valence-corrected chi connectivity index (χ4v) is 1.98. The smallest absolute Gasteiger partial charge is 0.237 e. The van der Waals surface area contributed by atoms with Crippen LogP contribution in [0.15, 0.2) is 30.3 Å². The van der Waals surface area contributed by atoms with Crippen molar-refractivity contribution in [2.24, 2.45) is 5.73 Å². The van der Waals surface area contributed by atoms with Crippen molar-refractivity contribution >= 4 is 5.91 Å². The van der Waals surface area contributed by atoms with Gasteiger partial charge < -0.3 is 11.1 Å². The molecule has 0 aliphatic carbocycles. The van der Waals surface area contributed by atoms with Crippen LogP contribution in [0.5, 0.6) is 0 Å². The van der Waals surface area contributed by atoms with E-state index in [1.54, 1.807) is 12.0 Å². The summed E-state index contributed by atoms with van der Waals surface area (Å²) in [6, 6.07) is 9.47. The third kappa shape index (κ3) is 2.87. The Morgan fingerprint density at radius 2 is 2.17 bits per heavy atom. The van der Waals surface area contributed by atoms with Gasteiger partial charge in [0.05, 0.1) is 6.04 Å². The van der Waals surface area contributed by atoms with Gasteiger partial charge in [0, 0.05) is 13.5 Å². The van der Waals surface area contributed by atoms with Gasteiger partial charge in [0.25, 0.3) is 0 Å². The fourth-order valence-electron chi connectivity index (χ4n) is 1.98. The summed E-state index contributed by atoms with van der Waals surface area (Å²) in [4.78, 5) is 17.3. The van der Waals surface area contributed by atoms with Crippen LogP contribution in [0.3, 0.4) is 0 Å². The van der Waals surface area contributed by atoms with Crippen LogP contribution in [0.2, 0.25) is 0 Å². The van der Waals surface area contributed by atoms with Gasteiger partial charge in [0.2, 0.25) is 5.91 Å². The molecule has 0 spiro atoms. The normalized spacial score (nSPS) is 25.9. The molecule has 0 saturated carbocycles. The summed E-state index contributed by atoms with van der Waals surface area (Å²) in [5.41, 5.74) is 6.65. The predicted molar refractivity (Wildman–Crippen MR) is 68.2 cm³/mol. The van der Waals surface area contributed by atoms with E-state index in [9.17, 15) is 4.79 Å². The van der Waals surface area contributed by atoms with E-state index >= 15 is 0 Å². The van der Waals surface area contributed by atoms with Gasteiger partial charge in [-0.25, -0.2) is 0 Å². The van der Waals surface area contributed by atoms with Gasteiger partial charge in [0.1, 0.15) is 12.3 Å². The second-order valence-corrected chi connectivity index (χ2v) is 4.60. The SMILES string of the molecule is C[C@H](N)C(=O)N[C@@H]1C[C@H](c2ccccc2)ON1C. The summed E-state index contributed by atoms with van der Waals surface area (Å²) < 4.78 is 0. The van der Waals surface area contributed by atoms with Crippen molar-refractivity contribution in [2.75, 3.05) is 7.05 Å². The van der Waals surface area contributed by atoms with Crippen molar-refractivity contribution in [2.45, 2.75) is 31.7 Å². The first-order chi connectivity index (χ1) is 8.58. The number of carbonyl (C=O) groups is 1. The van der Waals surface area contributed by atoms with Crippen LogP contribution in [-0.2, 0) is 9.63 Å². The quantitative estimate of drug-likeness (QED) is 0.831. The van der Waals surface area contributed by atoms with Gasteiger partial charge in [-0.2, -0.15) is 5.06 Å². The second-order valence-electron chi connectivity index (χ2n) is 4.60. The summed E-state index contributed by atoms with van der Waals surface area (Å²) in [5.74, 6) is -0.163. The van der Waals surface area contributed by atoms with Crippen molar-refractivity contribution in [3.63, 3.8) is 0 Å². The van der Waals surface area contributed by atoms with Crippen LogP contribution in [0.25, 0.3) is 0 Å². The molecule has 0 aromatic heterocycles. The Balaban J connectivity index is 1.99. The first-order valence-electron chi connectivity index (χ1n) is 6.08. The molecule has 1 aliphatic rings. The van der Waals surface area contributed by atoms with E-state index in [1.807, 2.05) is 37.4 Å². The minimum absolute atomic E-state index is 0.0189. The zero-order valence-electron chi connectivity index (χ0n) is 10.7. The third-order valence-electron chi connectivity index (χ3n) is 3.06. The van der Waals surface area contributed by atoms with E-state index in [0.29, 0.717) is 0 Å². The summed E-state index contributed by atoms with van der Waals surface area (Å²) in [6.07, 6.45) is 0.571. The lowest BCUT2D eigenvalue weighted by Crippen LogP contribution is -2.47. The lowest BCUT2D eigenvalue weighted by molar-refractivity contribution is -0.154. The van der Waals surface area contributed by atoms with E-state index in [4.69, 9.17) is 10.6 Å². The average molecular weight is 249 g/mol. The van der Waals surface area contributed by atoms with Gasteiger partial charge in [-0.1, -0.05) is 30.3 Å². The third-order valence-corrected chi connectivity index (χ3v) is 3.06. The molecule has 18 heavy (non-hydrogen) atoms. The molecule has 1 saturated heterocycles. The molecular weight excluding hydrogens is 230 g/mol. The summed E-state index contributed by atoms with van der Waals surface area (Å²) in [6.45, 7) is 1.67. The number of hydroxylamine groups is 2. The highest BCUT2D eigenvalue weighted by atomic mass is 16.7. The molecule has 2 rings (SSSR count). The molecule has 98 valence electrons. The Morgan fingerprint density at radius 3 is 2.78 bits per heavy atom. The predicted octanol–water partition coefficient (Wildman–Crippen LogP) is 0.784. The maximum Gasteiger partial charge on any atom is 0.237 e. The second kappa shape index (κ2) is 5.48. The molecule has 0 bridgehead atoms. The molecule has 0 radical (unpaired) electrons. The maximum absolute atomic E-state index is 11.6. The number of hydrogen-bond acceptors (Lipinski definition) is 4. The van der Waals surface area contributed by atoms with Gasteiger partial charge in [-0.3, -0.25) is 9.63 Å². The Labute approximate surface area is 107 Å². The van der Waals surface area contributed by atoms with Crippen molar-refractivity contribution in [1.29, 1.82) is 0 Å². The Morgan fingerprint density at radius 1 is 1.50 bits per heavy atom. The fraction of sp³-hybridized carbons (Fsp3) is 0.462. The average Bonchev–Trinajstić information content (AvgIpc) is 2.72. The lowest BCUT2D eigenvalue weighted by Gasteiger charge is -2.19. The molecule has 1 fully saturated rings. The zero-order chi connectivity index (χ0) is 13.1. The van der Waals surface area contributed by atoms with Gasteiger partial charge in [0.15, 0.2) is 0 Å². The molecule has 1 aromatic carbocycles. The van der Waals surface area contributed by atoms with Crippen LogP contribution in [0, 0.1) is 0 Å². The standard InChI is InChI=1S/C13H19N3O2/c1-9(14)13(17)15-12-8-11(18-16(12)2)10-6-4-3-5-7-10/h3-7,9,11-12H,8,14H2,1-2H3,(H,15,17)/t9-,11+,12-/m0/s1. The van der Waals surface area contributed by atoms with Crippen LogP contribution in [0.1, 0.15) is 25.0 Å². The molecule has 5 nitrogen and oxygen atoms in total. The van der Waals surface area contributed by atoms with Crippen molar-refractivity contribution in [3.8, 4) is 0 Å². The maximum atomic E-state index is 11.6. The minimum Gasteiger partial charge on any atom is -0.337 e. The molecule has 1 heterocycles. The lowest BCUT2D eigenvalue weighted by atomic mass is 10.1. The Hall–Kier alpha value is -1.43. The largest absolute Gasteiger partial charge is 0.337 e. The molecule has 1 aromatic rings. The van der Waals surface area contributed by atoms with Crippen LogP contribution in [-0.4, -0.2) is 30.2 Å². The topological polar surface area (TPSA) is 67.6 Å². The summed E-state index contributed by atoms with van der Waals surface area (Å²) in [5, 5.41) is 4.54. The van der Waals surface area contributed by atoms with Crippen LogP contribution in [0.4, 0.5) is 0 Å². The Kier molecular flexibility index (Phi) is 3.96. The molecule has 1 amide bonds. The van der Waals surface area contributed by atoms with Crippen molar-refractivity contribution in [1.82, 2.24) is 10.4 Å². The van der Waals surface area contributed by atoms with Crippen molar-refractivity contribution < 1.29 is 9.63 Å². The molecule has 1 aliphatic heterocycles. The van der Waals surface area contributed by atoms with Gasteiger partial charge in [-0.15, -0.1) is 0 Å². The van der Waals surface area contributed by atoms with Crippen LogP contribution < -0.4 is 11.1 Å². The number of nitrogens with one attached hydrogen (secondary N) is 1. The van der Waals surface area contributed by atoms with E-state index in [-0.39, 0.29) is 18.2 Å². The number of hydrogen-bond donors (Lipinski definition) is 2. The number of nitrogens with two attached hydrogens (primary N) is 1. The van der Waals surface area contributed by atoms with E-state index < -0.39 is 6.04 Å². The first kappa shape index (κ1) is 13.0. The van der Waals surface area contributed by atoms with E-state index in [0.717, 1.165) is 12.0 Å². The monoisotopic (exact) mass is 249 g/mol. The number of nitrogens with zero attached hydrogens (tertiary/aromatic N) is 1. The molecule has 5 heteroatoms. The Bertz CT molecular complexity index is 408. The zero-order valence-corrected chi connectivity index (χ0v) is 10.7. The summed E-state index contributed by atoms with van der Waals surface area (Å²) >= 11 is 0. The van der Waals surface area contributed by atoms with Crippen LogP contribution >= 0.6 is 0 Å². The first-order valence-corrected chi connectivity index (χ1v) is 6.08. The number of carbonyl (C=O) groups excluding carboxylic acids is 1. The minimum atomic E-state index is -0.505. The van der Waals surface area contributed by atoms with E-state index in [1.165, 1.54) is 0 Å². The molecule has 0 unspecified atom stereocenters.